The number of nitrogens with zero attached hydrogens (tertiary/aromatic N) is 4. The molecule has 1 N–H and O–H groups in total. The Morgan fingerprint density at radius 1 is 1.53 bits per heavy atom. The first-order valence-corrected chi connectivity index (χ1v) is 5.19. The summed E-state index contributed by atoms with van der Waals surface area (Å²) in [6.07, 6.45) is 5.13. The van der Waals surface area contributed by atoms with Gasteiger partial charge in [0, 0.05) is 6.20 Å². The summed E-state index contributed by atoms with van der Waals surface area (Å²) in [4.78, 5) is 18.7. The van der Waals surface area contributed by atoms with E-state index in [0.717, 1.165) is 5.56 Å². The second kappa shape index (κ2) is 4.73. The molecule has 1 atom stereocenters. The van der Waals surface area contributed by atoms with Gasteiger partial charge < -0.3 is 5.11 Å². The molecule has 0 amide bonds. The third-order valence-electron chi connectivity index (χ3n) is 2.43. The number of carbonyl (C=O) groups is 1. The van der Waals surface area contributed by atoms with Crippen LogP contribution in [-0.4, -0.2) is 30.8 Å². The van der Waals surface area contributed by atoms with Gasteiger partial charge >= 0.3 is 5.97 Å². The summed E-state index contributed by atoms with van der Waals surface area (Å²) >= 11 is 0. The molecular formula is C11H12N4O2. The number of rotatable bonds is 4. The van der Waals surface area contributed by atoms with Crippen LogP contribution in [0.2, 0.25) is 0 Å². The van der Waals surface area contributed by atoms with Crippen LogP contribution in [0.5, 0.6) is 0 Å². The van der Waals surface area contributed by atoms with Crippen molar-refractivity contribution in [2.75, 3.05) is 0 Å². The van der Waals surface area contributed by atoms with E-state index in [1.54, 1.807) is 30.2 Å². The maximum atomic E-state index is 10.7. The summed E-state index contributed by atoms with van der Waals surface area (Å²) in [6, 6.07) is 3.64. The van der Waals surface area contributed by atoms with Gasteiger partial charge in [0.2, 0.25) is 0 Å². The van der Waals surface area contributed by atoms with E-state index in [1.165, 1.54) is 6.33 Å². The fourth-order valence-electron chi connectivity index (χ4n) is 1.44. The van der Waals surface area contributed by atoms with Crippen molar-refractivity contribution < 1.29 is 9.90 Å². The highest BCUT2D eigenvalue weighted by Crippen LogP contribution is 2.09. The molecule has 88 valence electrons. The first kappa shape index (κ1) is 11.3. The molecule has 0 aliphatic carbocycles. The molecule has 6 heteroatoms. The number of aliphatic carboxylic acids is 1. The second-order valence-electron chi connectivity index (χ2n) is 3.81. The van der Waals surface area contributed by atoms with E-state index in [9.17, 15) is 4.79 Å². The normalized spacial score (nSPS) is 12.3. The average Bonchev–Trinajstić information content (AvgIpc) is 2.83. The summed E-state index contributed by atoms with van der Waals surface area (Å²) in [5.41, 5.74) is 0.892. The third-order valence-corrected chi connectivity index (χ3v) is 2.43. The van der Waals surface area contributed by atoms with Gasteiger partial charge in [0.15, 0.2) is 5.82 Å². The van der Waals surface area contributed by atoms with Gasteiger partial charge in [-0.1, -0.05) is 13.0 Å². The van der Waals surface area contributed by atoms with E-state index in [-0.39, 0.29) is 0 Å². The van der Waals surface area contributed by atoms with E-state index < -0.39 is 11.9 Å². The Bertz CT molecular complexity index is 493. The number of hydrogen-bond donors (Lipinski definition) is 1. The quantitative estimate of drug-likeness (QED) is 0.847. The lowest BCUT2D eigenvalue weighted by atomic mass is 10.0. The summed E-state index contributed by atoms with van der Waals surface area (Å²) in [6.45, 7) is 1.67. The molecular weight excluding hydrogens is 220 g/mol. The van der Waals surface area contributed by atoms with Crippen molar-refractivity contribution in [3.05, 3.63) is 36.5 Å². The van der Waals surface area contributed by atoms with Crippen LogP contribution in [0.3, 0.4) is 0 Å². The van der Waals surface area contributed by atoms with Gasteiger partial charge in [0.05, 0.1) is 5.92 Å². The Hall–Kier alpha value is -2.24. The van der Waals surface area contributed by atoms with Crippen LogP contribution < -0.4 is 0 Å². The number of carboxylic acid groups (broad SMARTS) is 1. The molecule has 2 aromatic rings. The number of hydrogen-bond acceptors (Lipinski definition) is 4. The molecule has 6 nitrogen and oxygen atoms in total. The van der Waals surface area contributed by atoms with Crippen LogP contribution in [0.1, 0.15) is 12.5 Å². The van der Waals surface area contributed by atoms with Crippen molar-refractivity contribution in [3.63, 3.8) is 0 Å². The standard InChI is InChI=1S/C11H12N4O2/c1-8(11(16)17)4-9-2-3-10(13-5-9)15-7-12-6-14-15/h2-3,5-8H,4H2,1H3,(H,16,17). The van der Waals surface area contributed by atoms with Gasteiger partial charge in [-0.3, -0.25) is 4.79 Å². The van der Waals surface area contributed by atoms with Gasteiger partial charge in [-0.05, 0) is 18.1 Å². The Kier molecular flexibility index (Phi) is 3.13. The van der Waals surface area contributed by atoms with Crippen molar-refractivity contribution in [2.45, 2.75) is 13.3 Å². The first-order chi connectivity index (χ1) is 8.16. The lowest BCUT2D eigenvalue weighted by Gasteiger charge is -2.06. The van der Waals surface area contributed by atoms with Gasteiger partial charge in [-0.25, -0.2) is 14.6 Å². The smallest absolute Gasteiger partial charge is 0.306 e. The highest BCUT2D eigenvalue weighted by atomic mass is 16.4. The zero-order chi connectivity index (χ0) is 12.3. The van der Waals surface area contributed by atoms with Crippen LogP contribution in [0.15, 0.2) is 31.0 Å². The number of aromatic nitrogens is 4. The van der Waals surface area contributed by atoms with Crippen LogP contribution >= 0.6 is 0 Å². The second-order valence-corrected chi connectivity index (χ2v) is 3.81. The van der Waals surface area contributed by atoms with Crippen molar-refractivity contribution in [1.29, 1.82) is 0 Å². The van der Waals surface area contributed by atoms with Gasteiger partial charge in [-0.15, -0.1) is 0 Å². The van der Waals surface area contributed by atoms with Crippen molar-refractivity contribution in [1.82, 2.24) is 19.7 Å². The highest BCUT2D eigenvalue weighted by molar-refractivity contribution is 5.69. The van der Waals surface area contributed by atoms with E-state index in [4.69, 9.17) is 5.11 Å². The fraction of sp³-hybridized carbons (Fsp3) is 0.273. The van der Waals surface area contributed by atoms with Gasteiger partial charge in [0.25, 0.3) is 0 Å². The summed E-state index contributed by atoms with van der Waals surface area (Å²) in [5, 5.41) is 12.8. The molecule has 2 aromatic heterocycles. The predicted octanol–water partition coefficient (Wildman–Crippen LogP) is 0.925. The maximum absolute atomic E-state index is 10.7. The topological polar surface area (TPSA) is 80.9 Å². The van der Waals surface area contributed by atoms with Crippen molar-refractivity contribution in [2.24, 2.45) is 5.92 Å². The molecule has 0 aliphatic rings. The first-order valence-electron chi connectivity index (χ1n) is 5.19. The maximum Gasteiger partial charge on any atom is 0.306 e. The molecule has 0 saturated carbocycles. The van der Waals surface area contributed by atoms with Crippen molar-refractivity contribution >= 4 is 5.97 Å². The highest BCUT2D eigenvalue weighted by Gasteiger charge is 2.11. The van der Waals surface area contributed by atoms with Gasteiger partial charge in [0.1, 0.15) is 12.7 Å². The fourth-order valence-corrected chi connectivity index (χ4v) is 1.44. The predicted molar refractivity (Wildman–Crippen MR) is 59.7 cm³/mol. The van der Waals surface area contributed by atoms with E-state index >= 15 is 0 Å². The molecule has 0 aliphatic heterocycles. The molecule has 0 radical (unpaired) electrons. The van der Waals surface area contributed by atoms with Crippen LogP contribution in [0.25, 0.3) is 5.82 Å². The Labute approximate surface area is 98.0 Å². The Morgan fingerprint density at radius 3 is 2.88 bits per heavy atom. The molecule has 1 unspecified atom stereocenters. The van der Waals surface area contributed by atoms with E-state index in [1.807, 2.05) is 6.07 Å². The molecule has 0 saturated heterocycles. The summed E-state index contributed by atoms with van der Waals surface area (Å²) < 4.78 is 1.55. The Balaban J connectivity index is 2.11. The van der Waals surface area contributed by atoms with Crippen molar-refractivity contribution in [3.8, 4) is 5.82 Å². The van der Waals surface area contributed by atoms with E-state index in [2.05, 4.69) is 15.1 Å². The zero-order valence-electron chi connectivity index (χ0n) is 9.32. The van der Waals surface area contributed by atoms with E-state index in [0.29, 0.717) is 12.2 Å². The zero-order valence-corrected chi connectivity index (χ0v) is 9.32. The summed E-state index contributed by atoms with van der Waals surface area (Å²) in [7, 11) is 0. The lowest BCUT2D eigenvalue weighted by molar-refractivity contribution is -0.141. The molecule has 2 heterocycles. The average molecular weight is 232 g/mol. The summed E-state index contributed by atoms with van der Waals surface area (Å²) in [5.74, 6) is -0.548. The van der Waals surface area contributed by atoms with Crippen LogP contribution in [-0.2, 0) is 11.2 Å². The SMILES string of the molecule is CC(Cc1ccc(-n2cncn2)nc1)C(=O)O. The number of carboxylic acids is 1. The third kappa shape index (κ3) is 2.66. The molecule has 0 spiro atoms. The van der Waals surface area contributed by atoms with Crippen LogP contribution in [0, 0.1) is 5.92 Å². The largest absolute Gasteiger partial charge is 0.481 e. The van der Waals surface area contributed by atoms with Crippen LogP contribution in [0.4, 0.5) is 0 Å². The monoisotopic (exact) mass is 232 g/mol. The molecule has 0 bridgehead atoms. The Morgan fingerprint density at radius 2 is 2.35 bits per heavy atom. The number of pyridine rings is 1. The molecule has 2 rings (SSSR count). The van der Waals surface area contributed by atoms with Gasteiger partial charge in [-0.2, -0.15) is 5.10 Å². The minimum absolute atomic E-state index is 0.408. The molecule has 0 aromatic carbocycles. The molecule has 0 fully saturated rings. The minimum atomic E-state index is -0.801. The minimum Gasteiger partial charge on any atom is -0.481 e. The molecule has 17 heavy (non-hydrogen) atoms. The lowest BCUT2D eigenvalue weighted by Crippen LogP contribution is -2.12.